The second-order valence-electron chi connectivity index (χ2n) is 5.63. The average Bonchev–Trinajstić information content (AvgIpc) is 3.15. The fourth-order valence-electron chi connectivity index (χ4n) is 2.29. The molecule has 1 heterocycles. The molecular weight excluding hydrogens is 467 g/mol. The summed E-state index contributed by atoms with van der Waals surface area (Å²) < 4.78 is 37.6. The molecule has 2 N–H and O–H groups in total. The molecule has 2 aromatic rings. The van der Waals surface area contributed by atoms with Crippen LogP contribution in [0.1, 0.15) is 24.7 Å². The quantitative estimate of drug-likeness (QED) is 0.228. The number of guanidine groups is 1. The van der Waals surface area contributed by atoms with Crippen LogP contribution in [0.3, 0.4) is 0 Å². The average molecular weight is 493 g/mol. The first-order chi connectivity index (χ1) is 12.7. The number of ether oxygens (including phenoxy) is 1. The van der Waals surface area contributed by atoms with Crippen LogP contribution in [0.15, 0.2) is 46.0 Å². The van der Waals surface area contributed by atoms with E-state index in [4.69, 9.17) is 9.15 Å². The molecule has 0 saturated carbocycles. The summed E-state index contributed by atoms with van der Waals surface area (Å²) in [5.74, 6) is 0.455. The van der Waals surface area contributed by atoms with E-state index in [1.54, 1.807) is 6.26 Å². The maximum absolute atomic E-state index is 13.7. The molecule has 1 aromatic carbocycles. The van der Waals surface area contributed by atoms with Crippen molar-refractivity contribution in [3.05, 3.63) is 59.6 Å². The molecule has 5 nitrogen and oxygen atoms in total. The number of nitrogens with zero attached hydrogens (tertiary/aromatic N) is 1. The number of halogens is 3. The van der Waals surface area contributed by atoms with Crippen LogP contribution < -0.4 is 10.6 Å². The van der Waals surface area contributed by atoms with E-state index in [9.17, 15) is 8.78 Å². The van der Waals surface area contributed by atoms with Gasteiger partial charge in [0.1, 0.15) is 17.4 Å². The molecule has 0 aliphatic heterocycles. The van der Waals surface area contributed by atoms with E-state index in [1.807, 2.05) is 19.1 Å². The number of rotatable bonds is 10. The van der Waals surface area contributed by atoms with E-state index < -0.39 is 11.6 Å². The minimum Gasteiger partial charge on any atom is -0.469 e. The van der Waals surface area contributed by atoms with Gasteiger partial charge in [-0.2, -0.15) is 0 Å². The highest BCUT2D eigenvalue weighted by atomic mass is 127. The Morgan fingerprint density at radius 1 is 1.19 bits per heavy atom. The molecule has 150 valence electrons. The first-order valence-corrected chi connectivity index (χ1v) is 8.75. The number of hydrogen-bond donors (Lipinski definition) is 2. The van der Waals surface area contributed by atoms with Crippen LogP contribution in [-0.4, -0.2) is 32.3 Å². The molecule has 0 radical (unpaired) electrons. The smallest absolute Gasteiger partial charge is 0.191 e. The van der Waals surface area contributed by atoms with Crippen LogP contribution >= 0.6 is 24.0 Å². The van der Waals surface area contributed by atoms with Gasteiger partial charge < -0.3 is 19.8 Å². The maximum Gasteiger partial charge on any atom is 0.191 e. The third-order valence-electron chi connectivity index (χ3n) is 3.62. The predicted molar refractivity (Wildman–Crippen MR) is 112 cm³/mol. The van der Waals surface area contributed by atoms with Crippen LogP contribution in [0, 0.1) is 11.6 Å². The Morgan fingerprint density at radius 3 is 2.74 bits per heavy atom. The Morgan fingerprint density at radius 2 is 2.00 bits per heavy atom. The van der Waals surface area contributed by atoms with E-state index in [0.717, 1.165) is 30.4 Å². The monoisotopic (exact) mass is 493 g/mol. The lowest BCUT2D eigenvalue weighted by Crippen LogP contribution is -2.39. The standard InChI is InChI=1S/C19H25F2N3O2.HI/c1-2-25-11-4-9-22-19(23-10-8-17-5-3-12-26-17)24-14-15-13-16(20)6-7-18(15)21;/h3,5-7,12-13H,2,4,8-11,14H2,1H3,(H2,22,23,24);1H. The highest BCUT2D eigenvalue weighted by Crippen LogP contribution is 2.10. The van der Waals surface area contributed by atoms with Crippen LogP contribution in [0.4, 0.5) is 8.78 Å². The second-order valence-corrected chi connectivity index (χ2v) is 5.63. The Kier molecular flexibility index (Phi) is 11.7. The normalized spacial score (nSPS) is 11.1. The van der Waals surface area contributed by atoms with Gasteiger partial charge in [-0.3, -0.25) is 0 Å². The summed E-state index contributed by atoms with van der Waals surface area (Å²) in [7, 11) is 0. The van der Waals surface area contributed by atoms with E-state index in [-0.39, 0.29) is 36.1 Å². The number of nitrogens with one attached hydrogen (secondary N) is 2. The van der Waals surface area contributed by atoms with Crippen molar-refractivity contribution in [3.63, 3.8) is 0 Å². The van der Waals surface area contributed by atoms with E-state index in [1.165, 1.54) is 0 Å². The van der Waals surface area contributed by atoms with Crippen molar-refractivity contribution in [1.29, 1.82) is 0 Å². The van der Waals surface area contributed by atoms with Gasteiger partial charge >= 0.3 is 0 Å². The van der Waals surface area contributed by atoms with Crippen LogP contribution in [-0.2, 0) is 17.7 Å². The highest BCUT2D eigenvalue weighted by Gasteiger charge is 2.05. The van der Waals surface area contributed by atoms with Crippen molar-refractivity contribution in [2.24, 2.45) is 4.99 Å². The van der Waals surface area contributed by atoms with E-state index >= 15 is 0 Å². The number of hydrogen-bond acceptors (Lipinski definition) is 3. The van der Waals surface area contributed by atoms with Gasteiger partial charge in [-0.25, -0.2) is 13.8 Å². The van der Waals surface area contributed by atoms with Crippen molar-refractivity contribution in [1.82, 2.24) is 10.6 Å². The molecule has 8 heteroatoms. The van der Waals surface area contributed by atoms with Gasteiger partial charge in [-0.05, 0) is 43.7 Å². The molecule has 0 bridgehead atoms. The predicted octanol–water partition coefficient (Wildman–Crippen LogP) is 3.88. The highest BCUT2D eigenvalue weighted by molar-refractivity contribution is 14.0. The lowest BCUT2D eigenvalue weighted by atomic mass is 10.2. The van der Waals surface area contributed by atoms with Crippen LogP contribution in [0.5, 0.6) is 0 Å². The van der Waals surface area contributed by atoms with Crippen LogP contribution in [0.2, 0.25) is 0 Å². The number of furan rings is 1. The van der Waals surface area contributed by atoms with Crippen molar-refractivity contribution in [2.75, 3.05) is 26.3 Å². The molecule has 27 heavy (non-hydrogen) atoms. The Balaban J connectivity index is 0.00000364. The topological polar surface area (TPSA) is 58.8 Å². The molecule has 1 aromatic heterocycles. The van der Waals surface area contributed by atoms with Crippen molar-refractivity contribution in [3.8, 4) is 0 Å². The fourth-order valence-corrected chi connectivity index (χ4v) is 2.29. The Labute approximate surface area is 175 Å². The zero-order chi connectivity index (χ0) is 18.6. The summed E-state index contributed by atoms with van der Waals surface area (Å²) in [6.07, 6.45) is 3.14. The largest absolute Gasteiger partial charge is 0.469 e. The SMILES string of the molecule is CCOCCCNC(=NCc1cc(F)ccc1F)NCCc1ccco1.I. The van der Waals surface area contributed by atoms with Gasteiger partial charge in [0.05, 0.1) is 12.8 Å². The van der Waals surface area contributed by atoms with Gasteiger partial charge in [-0.1, -0.05) is 0 Å². The zero-order valence-electron chi connectivity index (χ0n) is 15.3. The lowest BCUT2D eigenvalue weighted by molar-refractivity contribution is 0.145. The molecule has 2 rings (SSSR count). The molecule has 0 spiro atoms. The summed E-state index contributed by atoms with van der Waals surface area (Å²) in [6, 6.07) is 7.10. The summed E-state index contributed by atoms with van der Waals surface area (Å²) in [5, 5.41) is 6.35. The molecule has 0 aliphatic rings. The first kappa shape index (κ1) is 23.4. The van der Waals surface area contributed by atoms with Crippen molar-refractivity contribution >= 4 is 29.9 Å². The third kappa shape index (κ3) is 9.18. The molecule has 0 unspecified atom stereocenters. The fraction of sp³-hybridized carbons (Fsp3) is 0.421. The number of benzene rings is 1. The molecular formula is C19H26F2IN3O2. The van der Waals surface area contributed by atoms with E-state index in [0.29, 0.717) is 38.7 Å². The zero-order valence-corrected chi connectivity index (χ0v) is 17.7. The van der Waals surface area contributed by atoms with Crippen molar-refractivity contribution < 1.29 is 17.9 Å². The Hall–Kier alpha value is -1.68. The van der Waals surface area contributed by atoms with Crippen molar-refractivity contribution in [2.45, 2.75) is 26.3 Å². The first-order valence-electron chi connectivity index (χ1n) is 8.75. The minimum absolute atomic E-state index is 0. The molecule has 0 aliphatic carbocycles. The third-order valence-corrected chi connectivity index (χ3v) is 3.62. The van der Waals surface area contributed by atoms with E-state index in [2.05, 4.69) is 15.6 Å². The molecule has 0 amide bonds. The van der Waals surface area contributed by atoms with Gasteiger partial charge in [-0.15, -0.1) is 24.0 Å². The number of aliphatic imine (C=N–C) groups is 1. The summed E-state index contributed by atoms with van der Waals surface area (Å²) in [5.41, 5.74) is 0.214. The maximum atomic E-state index is 13.7. The summed E-state index contributed by atoms with van der Waals surface area (Å²) >= 11 is 0. The minimum atomic E-state index is -0.478. The lowest BCUT2D eigenvalue weighted by Gasteiger charge is -2.12. The molecule has 0 atom stereocenters. The molecule has 0 saturated heterocycles. The molecule has 0 fully saturated rings. The van der Waals surface area contributed by atoms with Gasteiger partial charge in [0, 0.05) is 38.3 Å². The summed E-state index contributed by atoms with van der Waals surface area (Å²) in [4.78, 5) is 4.35. The summed E-state index contributed by atoms with van der Waals surface area (Å²) in [6.45, 7) is 4.60. The van der Waals surface area contributed by atoms with Gasteiger partial charge in [0.25, 0.3) is 0 Å². The van der Waals surface area contributed by atoms with Gasteiger partial charge in [0.15, 0.2) is 5.96 Å². The van der Waals surface area contributed by atoms with Gasteiger partial charge in [0.2, 0.25) is 0 Å². The second kappa shape index (κ2) is 13.5. The Bertz CT molecular complexity index is 682. The van der Waals surface area contributed by atoms with Crippen LogP contribution in [0.25, 0.3) is 0 Å².